The van der Waals surface area contributed by atoms with Crippen LogP contribution in [0.1, 0.15) is 50.4 Å². The number of benzene rings is 2. The van der Waals surface area contributed by atoms with Gasteiger partial charge in [0.2, 0.25) is 5.91 Å². The summed E-state index contributed by atoms with van der Waals surface area (Å²) in [5, 5.41) is 2.98. The van der Waals surface area contributed by atoms with Crippen LogP contribution in [0.25, 0.3) is 11.4 Å². The van der Waals surface area contributed by atoms with Crippen LogP contribution in [0.15, 0.2) is 59.4 Å². The number of carbonyl (C=O) groups is 1. The Kier molecular flexibility index (Phi) is 6.83. The third-order valence-electron chi connectivity index (χ3n) is 5.08. The smallest absolute Gasteiger partial charge is 0.251 e. The van der Waals surface area contributed by atoms with Gasteiger partial charge < -0.3 is 10.3 Å². The SMILES string of the molecule is CCc1cc(=O)[nH]c(-c2cccc(NC(=O)C(C)c3ccc(CC(C)C)cc3)c2)n1. The predicted molar refractivity (Wildman–Crippen MR) is 122 cm³/mol. The fourth-order valence-electron chi connectivity index (χ4n) is 3.39. The van der Waals surface area contributed by atoms with E-state index in [9.17, 15) is 9.59 Å². The van der Waals surface area contributed by atoms with Crippen molar-refractivity contribution < 1.29 is 4.79 Å². The molecule has 156 valence electrons. The van der Waals surface area contributed by atoms with Crippen LogP contribution in [0.2, 0.25) is 0 Å². The molecule has 0 saturated carbocycles. The zero-order valence-corrected chi connectivity index (χ0v) is 18.0. The highest BCUT2D eigenvalue weighted by atomic mass is 16.2. The lowest BCUT2D eigenvalue weighted by Crippen LogP contribution is -2.19. The van der Waals surface area contributed by atoms with Crippen LogP contribution in [0.5, 0.6) is 0 Å². The van der Waals surface area contributed by atoms with E-state index in [1.165, 1.54) is 11.6 Å². The van der Waals surface area contributed by atoms with Gasteiger partial charge in [0.1, 0.15) is 5.82 Å². The third kappa shape index (κ3) is 5.44. The molecule has 5 heteroatoms. The first-order chi connectivity index (χ1) is 14.4. The van der Waals surface area contributed by atoms with Crippen LogP contribution >= 0.6 is 0 Å². The summed E-state index contributed by atoms with van der Waals surface area (Å²) in [6.07, 6.45) is 1.71. The number of nitrogens with zero attached hydrogens (tertiary/aromatic N) is 1. The Morgan fingerprint density at radius 3 is 2.47 bits per heavy atom. The summed E-state index contributed by atoms with van der Waals surface area (Å²) in [6, 6.07) is 17.1. The minimum Gasteiger partial charge on any atom is -0.326 e. The summed E-state index contributed by atoms with van der Waals surface area (Å²) >= 11 is 0. The Labute approximate surface area is 177 Å². The molecule has 1 heterocycles. The van der Waals surface area contributed by atoms with Crippen LogP contribution in [0.3, 0.4) is 0 Å². The fourth-order valence-corrected chi connectivity index (χ4v) is 3.39. The number of anilines is 1. The lowest BCUT2D eigenvalue weighted by atomic mass is 9.96. The second-order valence-electron chi connectivity index (χ2n) is 8.07. The van der Waals surface area contributed by atoms with Crippen molar-refractivity contribution in [1.29, 1.82) is 0 Å². The number of aromatic nitrogens is 2. The van der Waals surface area contributed by atoms with E-state index in [0.717, 1.165) is 23.2 Å². The molecular weight excluding hydrogens is 374 g/mol. The lowest BCUT2D eigenvalue weighted by Gasteiger charge is -2.14. The topological polar surface area (TPSA) is 74.8 Å². The first kappa shape index (κ1) is 21.5. The zero-order chi connectivity index (χ0) is 21.7. The molecule has 1 amide bonds. The van der Waals surface area contributed by atoms with Gasteiger partial charge in [-0.15, -0.1) is 0 Å². The number of aromatic amines is 1. The van der Waals surface area contributed by atoms with Crippen LogP contribution in [-0.2, 0) is 17.6 Å². The average molecular weight is 404 g/mol. The van der Waals surface area contributed by atoms with Gasteiger partial charge in [-0.25, -0.2) is 4.98 Å². The molecule has 0 aliphatic carbocycles. The van der Waals surface area contributed by atoms with Gasteiger partial charge in [-0.3, -0.25) is 9.59 Å². The van der Waals surface area contributed by atoms with Gasteiger partial charge in [0.25, 0.3) is 5.56 Å². The largest absolute Gasteiger partial charge is 0.326 e. The molecule has 0 bridgehead atoms. The first-order valence-electron chi connectivity index (χ1n) is 10.5. The molecule has 5 nitrogen and oxygen atoms in total. The Bertz CT molecular complexity index is 1070. The van der Waals surface area contributed by atoms with Gasteiger partial charge in [0.05, 0.1) is 5.92 Å². The molecule has 2 aromatic carbocycles. The van der Waals surface area contributed by atoms with E-state index < -0.39 is 0 Å². The molecule has 0 radical (unpaired) electrons. The van der Waals surface area contributed by atoms with Crippen molar-refractivity contribution in [3.05, 3.63) is 81.8 Å². The lowest BCUT2D eigenvalue weighted by molar-refractivity contribution is -0.117. The average Bonchev–Trinajstić information content (AvgIpc) is 2.73. The zero-order valence-electron chi connectivity index (χ0n) is 18.0. The number of rotatable bonds is 7. The molecule has 0 aliphatic heterocycles. The van der Waals surface area contributed by atoms with E-state index in [4.69, 9.17) is 0 Å². The summed E-state index contributed by atoms with van der Waals surface area (Å²) < 4.78 is 0. The molecule has 0 spiro atoms. The van der Waals surface area contributed by atoms with Gasteiger partial charge in [-0.05, 0) is 48.9 Å². The van der Waals surface area contributed by atoms with Crippen molar-refractivity contribution in [2.24, 2.45) is 5.92 Å². The Morgan fingerprint density at radius 1 is 1.07 bits per heavy atom. The van der Waals surface area contributed by atoms with Gasteiger partial charge in [0, 0.05) is 23.0 Å². The molecule has 0 aliphatic rings. The summed E-state index contributed by atoms with van der Waals surface area (Å²) in [6.45, 7) is 8.25. The Hall–Kier alpha value is -3.21. The molecular formula is C25H29N3O2. The normalized spacial score (nSPS) is 12.0. The number of amides is 1. The minimum atomic E-state index is -0.275. The summed E-state index contributed by atoms with van der Waals surface area (Å²) in [4.78, 5) is 31.9. The van der Waals surface area contributed by atoms with E-state index in [1.54, 1.807) is 0 Å². The highest BCUT2D eigenvalue weighted by Gasteiger charge is 2.16. The maximum atomic E-state index is 12.8. The Balaban J connectivity index is 1.75. The van der Waals surface area contributed by atoms with Crippen molar-refractivity contribution in [2.45, 2.75) is 46.5 Å². The van der Waals surface area contributed by atoms with Crippen LogP contribution < -0.4 is 10.9 Å². The van der Waals surface area contributed by atoms with E-state index in [-0.39, 0.29) is 17.4 Å². The van der Waals surface area contributed by atoms with Crippen LogP contribution in [0, 0.1) is 5.92 Å². The number of hydrogen-bond donors (Lipinski definition) is 2. The van der Waals surface area contributed by atoms with Crippen molar-refractivity contribution in [1.82, 2.24) is 9.97 Å². The number of H-pyrrole nitrogens is 1. The molecule has 3 aromatic rings. The third-order valence-corrected chi connectivity index (χ3v) is 5.08. The molecule has 3 rings (SSSR count). The van der Waals surface area contributed by atoms with Crippen molar-refractivity contribution in [3.8, 4) is 11.4 Å². The number of nitrogens with one attached hydrogen (secondary N) is 2. The molecule has 1 aromatic heterocycles. The quantitative estimate of drug-likeness (QED) is 0.587. The Morgan fingerprint density at radius 2 is 1.80 bits per heavy atom. The van der Waals surface area contributed by atoms with E-state index >= 15 is 0 Å². The first-order valence-corrected chi connectivity index (χ1v) is 10.5. The van der Waals surface area contributed by atoms with Crippen molar-refractivity contribution in [2.75, 3.05) is 5.32 Å². The van der Waals surface area contributed by atoms with Crippen molar-refractivity contribution in [3.63, 3.8) is 0 Å². The maximum Gasteiger partial charge on any atom is 0.251 e. The highest BCUT2D eigenvalue weighted by Crippen LogP contribution is 2.22. The molecule has 1 unspecified atom stereocenters. The number of carbonyl (C=O) groups excluding carboxylic acids is 1. The van der Waals surface area contributed by atoms with Crippen LogP contribution in [0.4, 0.5) is 5.69 Å². The predicted octanol–water partition coefficient (Wildman–Crippen LogP) is 4.94. The molecule has 0 fully saturated rings. The minimum absolute atomic E-state index is 0.0764. The van der Waals surface area contributed by atoms with Crippen LogP contribution in [-0.4, -0.2) is 15.9 Å². The van der Waals surface area contributed by atoms with Gasteiger partial charge in [0.15, 0.2) is 0 Å². The number of aryl methyl sites for hydroxylation is 1. The monoisotopic (exact) mass is 403 g/mol. The fraction of sp³-hybridized carbons (Fsp3) is 0.320. The molecule has 0 saturated heterocycles. The second-order valence-corrected chi connectivity index (χ2v) is 8.07. The standard InChI is InChI=1S/C25H29N3O2/c1-5-21-15-23(29)28-24(26-21)20-7-6-8-22(14-20)27-25(30)17(4)19-11-9-18(10-12-19)13-16(2)3/h6-12,14-17H,5,13H2,1-4H3,(H,27,30)(H,26,28,29). The van der Waals surface area contributed by atoms with E-state index in [2.05, 4.69) is 41.3 Å². The summed E-state index contributed by atoms with van der Waals surface area (Å²) in [5.41, 5.74) is 4.25. The van der Waals surface area contributed by atoms with E-state index in [0.29, 0.717) is 23.9 Å². The molecule has 30 heavy (non-hydrogen) atoms. The second kappa shape index (κ2) is 9.53. The van der Waals surface area contributed by atoms with E-state index in [1.807, 2.05) is 50.2 Å². The summed E-state index contributed by atoms with van der Waals surface area (Å²) in [7, 11) is 0. The maximum absolute atomic E-state index is 12.8. The summed E-state index contributed by atoms with van der Waals surface area (Å²) in [5.74, 6) is 0.756. The van der Waals surface area contributed by atoms with Crippen molar-refractivity contribution >= 4 is 11.6 Å². The highest BCUT2D eigenvalue weighted by molar-refractivity contribution is 5.96. The van der Waals surface area contributed by atoms with Gasteiger partial charge >= 0.3 is 0 Å². The van der Waals surface area contributed by atoms with Gasteiger partial charge in [-0.2, -0.15) is 0 Å². The number of hydrogen-bond acceptors (Lipinski definition) is 3. The molecule has 1 atom stereocenters. The molecule has 2 N–H and O–H groups in total. The van der Waals surface area contributed by atoms with Gasteiger partial charge in [-0.1, -0.05) is 57.2 Å².